The number of methoxy groups -OCH3 is 1. The standard InChI is InChI=1S/C14H12BrNO5/c1-7-3-11(21-16-7)9(14(18)19)4-8-5-10(15)13(17)12(6-8)20-2/h3-6,17H,1-2H3,(H,18,19). The third-order valence-corrected chi connectivity index (χ3v) is 3.31. The van der Waals surface area contributed by atoms with Crippen molar-refractivity contribution < 1.29 is 24.3 Å². The van der Waals surface area contributed by atoms with Crippen LogP contribution in [0.2, 0.25) is 0 Å². The minimum absolute atomic E-state index is 0.0461. The van der Waals surface area contributed by atoms with Crippen LogP contribution in [0.25, 0.3) is 11.6 Å². The number of benzene rings is 1. The maximum Gasteiger partial charge on any atom is 0.339 e. The van der Waals surface area contributed by atoms with Gasteiger partial charge in [-0.1, -0.05) is 5.16 Å². The zero-order valence-electron chi connectivity index (χ0n) is 11.3. The Kier molecular flexibility index (Phi) is 4.32. The summed E-state index contributed by atoms with van der Waals surface area (Å²) in [7, 11) is 1.41. The van der Waals surface area contributed by atoms with Gasteiger partial charge >= 0.3 is 5.97 Å². The number of hydrogen-bond donors (Lipinski definition) is 2. The van der Waals surface area contributed by atoms with Crippen LogP contribution in [0.5, 0.6) is 11.5 Å². The summed E-state index contributed by atoms with van der Waals surface area (Å²) in [4.78, 5) is 11.4. The highest BCUT2D eigenvalue weighted by Gasteiger charge is 2.16. The second kappa shape index (κ2) is 6.01. The van der Waals surface area contributed by atoms with Crippen LogP contribution in [0, 0.1) is 6.92 Å². The molecule has 0 atom stereocenters. The zero-order valence-corrected chi connectivity index (χ0v) is 12.8. The van der Waals surface area contributed by atoms with E-state index in [1.54, 1.807) is 13.0 Å². The van der Waals surface area contributed by atoms with E-state index in [0.29, 0.717) is 15.7 Å². The van der Waals surface area contributed by atoms with Gasteiger partial charge in [0, 0.05) is 6.07 Å². The molecule has 21 heavy (non-hydrogen) atoms. The lowest BCUT2D eigenvalue weighted by Gasteiger charge is -2.07. The number of hydrogen-bond acceptors (Lipinski definition) is 5. The highest BCUT2D eigenvalue weighted by atomic mass is 79.9. The van der Waals surface area contributed by atoms with Crippen LogP contribution in [0.1, 0.15) is 17.0 Å². The van der Waals surface area contributed by atoms with Gasteiger partial charge in [-0.3, -0.25) is 0 Å². The second-order valence-electron chi connectivity index (χ2n) is 4.25. The predicted octanol–water partition coefficient (Wildman–Crippen LogP) is 3.08. The molecule has 0 aliphatic heterocycles. The van der Waals surface area contributed by atoms with E-state index >= 15 is 0 Å². The van der Waals surface area contributed by atoms with Gasteiger partial charge in [0.05, 0.1) is 17.3 Å². The molecule has 0 unspecified atom stereocenters. The zero-order chi connectivity index (χ0) is 15.6. The third kappa shape index (κ3) is 3.25. The fourth-order valence-electron chi connectivity index (χ4n) is 1.73. The highest BCUT2D eigenvalue weighted by Crippen LogP contribution is 2.36. The summed E-state index contributed by atoms with van der Waals surface area (Å²) in [5.74, 6) is -0.811. The van der Waals surface area contributed by atoms with Crippen molar-refractivity contribution in [1.82, 2.24) is 5.16 Å². The number of aryl methyl sites for hydroxylation is 1. The Morgan fingerprint density at radius 3 is 2.67 bits per heavy atom. The normalized spacial score (nSPS) is 11.5. The van der Waals surface area contributed by atoms with E-state index in [1.165, 1.54) is 25.3 Å². The molecular weight excluding hydrogens is 342 g/mol. The van der Waals surface area contributed by atoms with E-state index in [9.17, 15) is 15.0 Å². The van der Waals surface area contributed by atoms with Gasteiger partial charge in [0.15, 0.2) is 17.3 Å². The summed E-state index contributed by atoms with van der Waals surface area (Å²) >= 11 is 3.18. The largest absolute Gasteiger partial charge is 0.503 e. The second-order valence-corrected chi connectivity index (χ2v) is 5.10. The van der Waals surface area contributed by atoms with Crippen LogP contribution in [-0.4, -0.2) is 28.4 Å². The Bertz CT molecular complexity index is 720. The van der Waals surface area contributed by atoms with Gasteiger partial charge in [-0.2, -0.15) is 0 Å². The molecule has 1 aromatic carbocycles. The highest BCUT2D eigenvalue weighted by molar-refractivity contribution is 9.10. The van der Waals surface area contributed by atoms with Crippen molar-refractivity contribution in [3.63, 3.8) is 0 Å². The molecule has 0 saturated heterocycles. The average molecular weight is 354 g/mol. The van der Waals surface area contributed by atoms with Gasteiger partial charge < -0.3 is 19.5 Å². The van der Waals surface area contributed by atoms with Crippen LogP contribution in [0.4, 0.5) is 0 Å². The van der Waals surface area contributed by atoms with Gasteiger partial charge in [0.1, 0.15) is 5.57 Å². The van der Waals surface area contributed by atoms with E-state index in [-0.39, 0.29) is 22.8 Å². The molecule has 0 aliphatic rings. The predicted molar refractivity (Wildman–Crippen MR) is 79.1 cm³/mol. The molecular formula is C14H12BrNO5. The van der Waals surface area contributed by atoms with Crippen molar-refractivity contribution in [2.75, 3.05) is 7.11 Å². The number of nitrogens with zero attached hydrogens (tertiary/aromatic N) is 1. The SMILES string of the molecule is COc1cc(C=C(C(=O)O)c2cc(C)no2)cc(Br)c1O. The lowest BCUT2D eigenvalue weighted by atomic mass is 10.1. The van der Waals surface area contributed by atoms with Crippen molar-refractivity contribution in [1.29, 1.82) is 0 Å². The lowest BCUT2D eigenvalue weighted by molar-refractivity contribution is -0.130. The average Bonchev–Trinajstić information content (AvgIpc) is 2.85. The van der Waals surface area contributed by atoms with Crippen LogP contribution in [0.15, 0.2) is 27.2 Å². The third-order valence-electron chi connectivity index (χ3n) is 2.71. The van der Waals surface area contributed by atoms with E-state index in [0.717, 1.165) is 0 Å². The minimum atomic E-state index is -1.14. The minimum Gasteiger partial charge on any atom is -0.503 e. The van der Waals surface area contributed by atoms with Crippen molar-refractivity contribution >= 4 is 33.5 Å². The van der Waals surface area contributed by atoms with Crippen LogP contribution in [-0.2, 0) is 4.79 Å². The summed E-state index contributed by atoms with van der Waals surface area (Å²) in [6, 6.07) is 4.63. The van der Waals surface area contributed by atoms with Gasteiger partial charge in [-0.15, -0.1) is 0 Å². The molecule has 7 heteroatoms. The van der Waals surface area contributed by atoms with Crippen molar-refractivity contribution in [3.8, 4) is 11.5 Å². The first kappa shape index (κ1) is 15.1. The smallest absolute Gasteiger partial charge is 0.339 e. The fourth-order valence-corrected chi connectivity index (χ4v) is 2.19. The maximum absolute atomic E-state index is 11.4. The van der Waals surface area contributed by atoms with Crippen molar-refractivity contribution in [2.45, 2.75) is 6.92 Å². The van der Waals surface area contributed by atoms with E-state index in [4.69, 9.17) is 9.26 Å². The van der Waals surface area contributed by atoms with Crippen LogP contribution >= 0.6 is 15.9 Å². The van der Waals surface area contributed by atoms with Gasteiger partial charge in [0.2, 0.25) is 0 Å². The number of aromatic nitrogens is 1. The Morgan fingerprint density at radius 2 is 2.14 bits per heavy atom. The van der Waals surface area contributed by atoms with Crippen molar-refractivity contribution in [3.05, 3.63) is 39.7 Å². The Hall–Kier alpha value is -2.28. The number of aliphatic carboxylic acids is 1. The molecule has 0 radical (unpaired) electrons. The van der Waals surface area contributed by atoms with Gasteiger partial charge in [-0.05, 0) is 46.6 Å². The number of ether oxygens (including phenoxy) is 1. The Labute approximate surface area is 128 Å². The number of aromatic hydroxyl groups is 1. The first-order valence-electron chi connectivity index (χ1n) is 5.87. The summed E-state index contributed by atoms with van der Waals surface area (Å²) < 4.78 is 10.4. The summed E-state index contributed by atoms with van der Waals surface area (Å²) in [6.07, 6.45) is 1.41. The molecule has 0 spiro atoms. The van der Waals surface area contributed by atoms with Gasteiger partial charge in [0.25, 0.3) is 0 Å². The fraction of sp³-hybridized carbons (Fsp3) is 0.143. The van der Waals surface area contributed by atoms with E-state index in [1.807, 2.05) is 0 Å². The molecule has 0 fully saturated rings. The molecule has 0 aliphatic carbocycles. The monoisotopic (exact) mass is 353 g/mol. The number of carbonyl (C=O) groups is 1. The summed E-state index contributed by atoms with van der Waals surface area (Å²) in [5, 5.41) is 22.7. The first-order valence-corrected chi connectivity index (χ1v) is 6.67. The molecule has 2 rings (SSSR count). The van der Waals surface area contributed by atoms with Crippen LogP contribution < -0.4 is 4.74 Å². The Morgan fingerprint density at radius 1 is 1.43 bits per heavy atom. The number of phenols is 1. The number of carboxylic acids is 1. The van der Waals surface area contributed by atoms with E-state index in [2.05, 4.69) is 21.1 Å². The molecule has 0 bridgehead atoms. The quantitative estimate of drug-likeness (QED) is 0.820. The topological polar surface area (TPSA) is 92.8 Å². The molecule has 2 N–H and O–H groups in total. The molecule has 0 saturated carbocycles. The maximum atomic E-state index is 11.4. The Balaban J connectivity index is 2.53. The number of halogens is 1. The number of carboxylic acid groups (broad SMARTS) is 1. The number of rotatable bonds is 4. The summed E-state index contributed by atoms with van der Waals surface area (Å²) in [5.41, 5.74) is 1.07. The van der Waals surface area contributed by atoms with Crippen molar-refractivity contribution in [2.24, 2.45) is 0 Å². The molecule has 6 nitrogen and oxygen atoms in total. The van der Waals surface area contributed by atoms with Gasteiger partial charge in [-0.25, -0.2) is 4.79 Å². The lowest BCUT2D eigenvalue weighted by Crippen LogP contribution is -1.98. The molecule has 2 aromatic rings. The molecule has 0 amide bonds. The molecule has 110 valence electrons. The summed E-state index contributed by atoms with van der Waals surface area (Å²) in [6.45, 7) is 1.70. The molecule has 1 heterocycles. The molecule has 1 aromatic heterocycles. The first-order chi connectivity index (χ1) is 9.92. The van der Waals surface area contributed by atoms with Crippen LogP contribution in [0.3, 0.4) is 0 Å². The number of phenolic OH excluding ortho intramolecular Hbond substituents is 1. The van der Waals surface area contributed by atoms with E-state index < -0.39 is 5.97 Å².